The molecule has 3 heteroatoms. The van der Waals surface area contributed by atoms with Crippen molar-refractivity contribution in [1.82, 2.24) is 0 Å². The summed E-state index contributed by atoms with van der Waals surface area (Å²) >= 11 is 0. The van der Waals surface area contributed by atoms with Gasteiger partial charge in [0, 0.05) is 6.54 Å². The van der Waals surface area contributed by atoms with Crippen LogP contribution in [0.3, 0.4) is 0 Å². The largest absolute Gasteiger partial charge is 0.453 e. The van der Waals surface area contributed by atoms with Crippen LogP contribution in [0.5, 0.6) is 11.5 Å². The van der Waals surface area contributed by atoms with E-state index in [0.717, 1.165) is 22.9 Å². The molecule has 3 aliphatic rings. The lowest BCUT2D eigenvalue weighted by molar-refractivity contribution is 0.473. The van der Waals surface area contributed by atoms with Gasteiger partial charge >= 0.3 is 0 Å². The van der Waals surface area contributed by atoms with Gasteiger partial charge in [0.15, 0.2) is 11.5 Å². The molecule has 8 rings (SSSR count). The van der Waals surface area contributed by atoms with Gasteiger partial charge in [-0.05, 0) is 63.2 Å². The van der Waals surface area contributed by atoms with E-state index in [1.165, 1.54) is 44.6 Å². The molecule has 0 fully saturated rings. The molecule has 3 nitrogen and oxygen atoms in total. The third-order valence-electron chi connectivity index (χ3n) is 7.88. The molecule has 0 aromatic heterocycles. The van der Waals surface area contributed by atoms with Crippen LogP contribution in [0.4, 0.5) is 17.1 Å². The second-order valence-corrected chi connectivity index (χ2v) is 9.41. The molecule has 1 unspecified atom stereocenters. The van der Waals surface area contributed by atoms with Gasteiger partial charge in [-0.25, -0.2) is 0 Å². The summed E-state index contributed by atoms with van der Waals surface area (Å²) in [4.78, 5) is 2.39. The van der Waals surface area contributed by atoms with Crippen LogP contribution in [0.25, 0.3) is 11.1 Å². The summed E-state index contributed by atoms with van der Waals surface area (Å²) < 4.78 is 6.50. The number of rotatable bonds is 1. The number of fused-ring (bicyclic) bond motifs is 11. The van der Waals surface area contributed by atoms with Gasteiger partial charge in [-0.3, -0.25) is 0 Å². The minimum Gasteiger partial charge on any atom is -0.453 e. The van der Waals surface area contributed by atoms with Gasteiger partial charge in [-0.2, -0.15) is 0 Å². The quantitative estimate of drug-likeness (QED) is 0.283. The van der Waals surface area contributed by atoms with Crippen molar-refractivity contribution in [2.24, 2.45) is 5.73 Å². The molecule has 0 radical (unpaired) electrons. The van der Waals surface area contributed by atoms with Crippen molar-refractivity contribution in [3.8, 4) is 22.6 Å². The monoisotopic (exact) mass is 450 g/mol. The predicted octanol–water partition coefficient (Wildman–Crippen LogP) is 7.40. The van der Waals surface area contributed by atoms with Gasteiger partial charge in [-0.15, -0.1) is 0 Å². The number of para-hydroxylation sites is 4. The number of nitrogens with zero attached hydrogens (tertiary/aromatic N) is 1. The van der Waals surface area contributed by atoms with E-state index in [1.54, 1.807) is 0 Å². The number of nitrogens with two attached hydrogens (primary N) is 1. The Kier molecular flexibility index (Phi) is 3.60. The summed E-state index contributed by atoms with van der Waals surface area (Å²) in [6.45, 7) is 0.505. The van der Waals surface area contributed by atoms with Gasteiger partial charge in [0.1, 0.15) is 0 Å². The average Bonchev–Trinajstić information content (AvgIpc) is 3.22. The van der Waals surface area contributed by atoms with Crippen molar-refractivity contribution in [3.63, 3.8) is 0 Å². The van der Waals surface area contributed by atoms with Crippen LogP contribution in [-0.4, -0.2) is 0 Å². The van der Waals surface area contributed by atoms with Crippen LogP contribution in [0.15, 0.2) is 109 Å². The summed E-state index contributed by atoms with van der Waals surface area (Å²) in [6, 6.07) is 39.1. The summed E-state index contributed by atoms with van der Waals surface area (Å²) in [6.07, 6.45) is 0. The molecule has 5 aromatic rings. The summed E-state index contributed by atoms with van der Waals surface area (Å²) in [5.41, 5.74) is 18.0. The molecule has 2 heterocycles. The number of benzene rings is 5. The van der Waals surface area contributed by atoms with Crippen LogP contribution in [0.2, 0.25) is 0 Å². The summed E-state index contributed by atoms with van der Waals surface area (Å²) in [5.74, 6) is 1.76. The highest BCUT2D eigenvalue weighted by molar-refractivity contribution is 5.99. The topological polar surface area (TPSA) is 38.5 Å². The Bertz CT molecular complexity index is 1690. The zero-order chi connectivity index (χ0) is 23.1. The predicted molar refractivity (Wildman–Crippen MR) is 140 cm³/mol. The molecule has 2 N–H and O–H groups in total. The second kappa shape index (κ2) is 6.62. The second-order valence-electron chi connectivity index (χ2n) is 9.41. The highest BCUT2D eigenvalue weighted by Crippen LogP contribution is 2.66. The standard InChI is InChI=1S/C32H22N2O/c33-19-20-9-7-13-24-30(20)21-10-1-2-11-22(21)32(24)23-12-3-4-15-26(23)34-27-16-5-6-17-28(27)35-29-18-8-14-25(32)31(29)34/h1-18H,19,33H2. The molecule has 35 heavy (non-hydrogen) atoms. The van der Waals surface area contributed by atoms with Crippen LogP contribution in [0, 0.1) is 0 Å². The first-order valence-electron chi connectivity index (χ1n) is 12.1. The first kappa shape index (κ1) is 19.0. The number of ether oxygens (including phenoxy) is 1. The molecule has 0 saturated carbocycles. The lowest BCUT2D eigenvalue weighted by Gasteiger charge is -2.47. The molecule has 2 aliphatic heterocycles. The Morgan fingerprint density at radius 1 is 0.600 bits per heavy atom. The lowest BCUT2D eigenvalue weighted by atomic mass is 9.64. The van der Waals surface area contributed by atoms with E-state index in [2.05, 4.69) is 102 Å². The molecule has 1 aliphatic carbocycles. The maximum absolute atomic E-state index is 6.50. The maximum Gasteiger partial charge on any atom is 0.151 e. The molecule has 0 amide bonds. The van der Waals surface area contributed by atoms with Gasteiger partial charge in [0.05, 0.1) is 22.5 Å². The molecule has 1 atom stereocenters. The fourth-order valence-electron chi connectivity index (χ4n) is 6.64. The lowest BCUT2D eigenvalue weighted by Crippen LogP contribution is -2.37. The minimum absolute atomic E-state index is 0.453. The maximum atomic E-state index is 6.50. The van der Waals surface area contributed by atoms with Crippen LogP contribution >= 0.6 is 0 Å². The average molecular weight is 451 g/mol. The van der Waals surface area contributed by atoms with E-state index in [1.807, 2.05) is 12.1 Å². The fourth-order valence-corrected chi connectivity index (χ4v) is 6.64. The zero-order valence-electron chi connectivity index (χ0n) is 19.0. The molecule has 5 aromatic carbocycles. The Balaban J connectivity index is 1.59. The van der Waals surface area contributed by atoms with Crippen LogP contribution in [-0.2, 0) is 12.0 Å². The van der Waals surface area contributed by atoms with Crippen molar-refractivity contribution in [2.45, 2.75) is 12.0 Å². The van der Waals surface area contributed by atoms with Crippen molar-refractivity contribution in [3.05, 3.63) is 137 Å². The van der Waals surface area contributed by atoms with E-state index in [0.29, 0.717) is 6.54 Å². The minimum atomic E-state index is -0.453. The molecule has 1 spiro atoms. The SMILES string of the molecule is NCc1cccc2c1-c1ccccc1C21c2ccccc2N2c3ccccc3Oc3cccc1c32. The van der Waals surface area contributed by atoms with Gasteiger partial charge in [0.2, 0.25) is 0 Å². The van der Waals surface area contributed by atoms with E-state index in [4.69, 9.17) is 10.5 Å². The van der Waals surface area contributed by atoms with Gasteiger partial charge in [0.25, 0.3) is 0 Å². The first-order valence-corrected chi connectivity index (χ1v) is 12.1. The van der Waals surface area contributed by atoms with Crippen molar-refractivity contribution >= 4 is 17.1 Å². The highest BCUT2D eigenvalue weighted by atomic mass is 16.5. The van der Waals surface area contributed by atoms with Crippen molar-refractivity contribution in [2.75, 3.05) is 4.90 Å². The molecule has 0 bridgehead atoms. The van der Waals surface area contributed by atoms with Crippen LogP contribution < -0.4 is 15.4 Å². The van der Waals surface area contributed by atoms with Gasteiger partial charge in [-0.1, -0.05) is 84.9 Å². The fraction of sp³-hybridized carbons (Fsp3) is 0.0625. The summed E-state index contributed by atoms with van der Waals surface area (Å²) in [7, 11) is 0. The van der Waals surface area contributed by atoms with E-state index in [-0.39, 0.29) is 0 Å². The Hall–Kier alpha value is -4.34. The third kappa shape index (κ3) is 2.15. The smallest absolute Gasteiger partial charge is 0.151 e. The van der Waals surface area contributed by atoms with Crippen molar-refractivity contribution < 1.29 is 4.74 Å². The van der Waals surface area contributed by atoms with E-state index < -0.39 is 5.41 Å². The molecular weight excluding hydrogens is 428 g/mol. The van der Waals surface area contributed by atoms with Crippen molar-refractivity contribution in [1.29, 1.82) is 0 Å². The van der Waals surface area contributed by atoms with E-state index >= 15 is 0 Å². The third-order valence-corrected chi connectivity index (χ3v) is 7.88. The van der Waals surface area contributed by atoms with Gasteiger partial charge < -0.3 is 15.4 Å². The molecular formula is C32H22N2O. The molecule has 0 saturated heterocycles. The normalized spacial score (nSPS) is 17.7. The number of hydrogen-bond acceptors (Lipinski definition) is 3. The summed E-state index contributed by atoms with van der Waals surface area (Å²) in [5, 5.41) is 0. The number of hydrogen-bond donors (Lipinski definition) is 1. The Labute approximate surface area is 204 Å². The van der Waals surface area contributed by atoms with Crippen LogP contribution in [0.1, 0.15) is 27.8 Å². The first-order chi connectivity index (χ1) is 17.3. The Morgan fingerprint density at radius 3 is 2.14 bits per heavy atom. The zero-order valence-corrected chi connectivity index (χ0v) is 19.0. The molecule has 166 valence electrons. The van der Waals surface area contributed by atoms with E-state index in [9.17, 15) is 0 Å². The Morgan fingerprint density at radius 2 is 1.26 bits per heavy atom. The number of anilines is 3. The highest BCUT2D eigenvalue weighted by Gasteiger charge is 2.53.